The summed E-state index contributed by atoms with van der Waals surface area (Å²) in [6, 6.07) is -4.80. The average Bonchev–Trinajstić information content (AvgIpc) is 2.95. The number of aliphatic hydroxyl groups excluding tert-OH is 2. The third-order valence-electron chi connectivity index (χ3n) is 8.32. The summed E-state index contributed by atoms with van der Waals surface area (Å²) >= 11 is 0. The molecule has 0 radical (unpaired) electrons. The van der Waals surface area contributed by atoms with Crippen molar-refractivity contribution in [1.82, 2.24) is 26.6 Å². The van der Waals surface area contributed by atoms with Crippen molar-refractivity contribution in [2.24, 2.45) is 29.4 Å². The third kappa shape index (κ3) is 16.8. The van der Waals surface area contributed by atoms with Gasteiger partial charge in [0.15, 0.2) is 0 Å². The highest BCUT2D eigenvalue weighted by Crippen LogP contribution is 2.15. The normalized spacial score (nSPS) is 17.3. The molecule has 49 heavy (non-hydrogen) atoms. The van der Waals surface area contributed by atoms with Gasteiger partial charge in [-0.3, -0.25) is 28.8 Å². The molecule has 15 nitrogen and oxygen atoms in total. The second kappa shape index (κ2) is 21.0. The molecule has 5 amide bonds. The second-order valence-corrected chi connectivity index (χ2v) is 14.9. The molecule has 0 aliphatic heterocycles. The quantitative estimate of drug-likeness (QED) is 0.0759. The molecule has 0 aromatic rings. The Morgan fingerprint density at radius 2 is 1.04 bits per heavy atom. The SMILES string of the molecule is CCC(C)(N)C(=O)N[C@H](C(=O)N[C@H](C(=O)NC(CC(C)C)C(O)CC(=O)N[C@@H](C)C(=O)NC(CC(C)C)C(O)CC(=O)O)C(C)C)C(C)C. The van der Waals surface area contributed by atoms with E-state index in [0.29, 0.717) is 19.3 Å². The van der Waals surface area contributed by atoms with E-state index in [9.17, 15) is 39.0 Å². The molecular weight excluding hydrogens is 636 g/mol. The molecule has 0 aromatic carbocycles. The Morgan fingerprint density at radius 3 is 1.45 bits per heavy atom. The van der Waals surface area contributed by atoms with E-state index in [4.69, 9.17) is 10.8 Å². The highest BCUT2D eigenvalue weighted by molar-refractivity contribution is 5.94. The zero-order chi connectivity index (χ0) is 38.4. The number of carboxylic acids is 1. The minimum absolute atomic E-state index is 0.000373. The van der Waals surface area contributed by atoms with Gasteiger partial charge >= 0.3 is 5.97 Å². The van der Waals surface area contributed by atoms with Gasteiger partial charge in [0.1, 0.15) is 18.1 Å². The van der Waals surface area contributed by atoms with E-state index in [0.717, 1.165) is 0 Å². The molecule has 0 bridgehead atoms. The Morgan fingerprint density at radius 1 is 0.633 bits per heavy atom. The molecule has 0 aromatic heterocycles. The first-order valence-corrected chi connectivity index (χ1v) is 17.3. The topological polar surface area (TPSA) is 249 Å². The van der Waals surface area contributed by atoms with Crippen LogP contribution in [0.3, 0.4) is 0 Å². The number of carboxylic acid groups (broad SMARTS) is 1. The van der Waals surface area contributed by atoms with Crippen molar-refractivity contribution in [3.63, 3.8) is 0 Å². The zero-order valence-electron chi connectivity index (χ0n) is 31.3. The van der Waals surface area contributed by atoms with Gasteiger partial charge in [-0.05, 0) is 56.8 Å². The molecule has 8 atom stereocenters. The van der Waals surface area contributed by atoms with Crippen LogP contribution >= 0.6 is 0 Å². The fraction of sp³-hybridized carbons (Fsp3) is 0.824. The Bertz CT molecular complexity index is 1110. The van der Waals surface area contributed by atoms with Gasteiger partial charge < -0.3 is 47.6 Å². The van der Waals surface area contributed by atoms with Crippen molar-refractivity contribution in [3.05, 3.63) is 0 Å². The van der Waals surface area contributed by atoms with E-state index in [1.54, 1.807) is 41.5 Å². The van der Waals surface area contributed by atoms with Crippen LogP contribution in [0.25, 0.3) is 0 Å². The van der Waals surface area contributed by atoms with Crippen LogP contribution in [0.1, 0.15) is 108 Å². The lowest BCUT2D eigenvalue weighted by atomic mass is 9.94. The number of nitrogens with two attached hydrogens (primary N) is 1. The lowest BCUT2D eigenvalue weighted by molar-refractivity contribution is -0.140. The minimum Gasteiger partial charge on any atom is -0.481 e. The predicted molar refractivity (Wildman–Crippen MR) is 186 cm³/mol. The molecule has 284 valence electrons. The van der Waals surface area contributed by atoms with Crippen molar-refractivity contribution in [2.45, 2.75) is 156 Å². The zero-order valence-corrected chi connectivity index (χ0v) is 31.3. The van der Waals surface area contributed by atoms with Crippen LogP contribution in [-0.4, -0.2) is 98.8 Å². The van der Waals surface area contributed by atoms with Crippen molar-refractivity contribution in [1.29, 1.82) is 0 Å². The number of aliphatic carboxylic acids is 1. The maximum absolute atomic E-state index is 13.5. The summed E-state index contributed by atoms with van der Waals surface area (Å²) in [5, 5.41) is 43.8. The Labute approximate surface area is 291 Å². The molecule has 0 spiro atoms. The van der Waals surface area contributed by atoms with Crippen LogP contribution in [0.2, 0.25) is 0 Å². The van der Waals surface area contributed by atoms with Crippen LogP contribution < -0.4 is 32.3 Å². The number of nitrogens with one attached hydrogen (secondary N) is 5. The van der Waals surface area contributed by atoms with Crippen LogP contribution in [0.4, 0.5) is 0 Å². The van der Waals surface area contributed by atoms with Crippen molar-refractivity contribution >= 4 is 35.5 Å². The fourth-order valence-electron chi connectivity index (χ4n) is 5.02. The van der Waals surface area contributed by atoms with Crippen molar-refractivity contribution in [3.8, 4) is 0 Å². The summed E-state index contributed by atoms with van der Waals surface area (Å²) in [6.07, 6.45) is -2.74. The highest BCUT2D eigenvalue weighted by Gasteiger charge is 2.36. The van der Waals surface area contributed by atoms with Crippen LogP contribution in [0.5, 0.6) is 0 Å². The highest BCUT2D eigenvalue weighted by atomic mass is 16.4. The summed E-state index contributed by atoms with van der Waals surface area (Å²) in [5.74, 6) is -4.83. The first kappa shape index (κ1) is 45.7. The number of aliphatic hydroxyl groups is 2. The van der Waals surface area contributed by atoms with Gasteiger partial charge in [-0.25, -0.2) is 0 Å². The fourth-order valence-corrected chi connectivity index (χ4v) is 5.02. The molecule has 0 rings (SSSR count). The van der Waals surface area contributed by atoms with E-state index in [-0.39, 0.29) is 23.7 Å². The van der Waals surface area contributed by atoms with Gasteiger partial charge in [-0.1, -0.05) is 62.3 Å². The smallest absolute Gasteiger partial charge is 0.306 e. The van der Waals surface area contributed by atoms with Gasteiger partial charge in [0.25, 0.3) is 0 Å². The van der Waals surface area contributed by atoms with E-state index in [1.165, 1.54) is 6.92 Å². The van der Waals surface area contributed by atoms with Crippen molar-refractivity contribution < 1.29 is 44.1 Å². The molecule has 0 heterocycles. The molecule has 5 unspecified atom stereocenters. The summed E-state index contributed by atoms with van der Waals surface area (Å²) in [5.41, 5.74) is 4.87. The molecular formula is C34H64N6O9. The van der Waals surface area contributed by atoms with Gasteiger partial charge in [-0.2, -0.15) is 0 Å². The second-order valence-electron chi connectivity index (χ2n) is 14.9. The van der Waals surface area contributed by atoms with Crippen LogP contribution in [-0.2, 0) is 28.8 Å². The third-order valence-corrected chi connectivity index (χ3v) is 8.32. The number of hydrogen-bond acceptors (Lipinski definition) is 9. The van der Waals surface area contributed by atoms with Gasteiger partial charge in [0, 0.05) is 0 Å². The predicted octanol–water partition coefficient (Wildman–Crippen LogP) is 0.549. The number of carbonyl (C=O) groups is 6. The van der Waals surface area contributed by atoms with Gasteiger partial charge in [0.05, 0.1) is 42.7 Å². The lowest BCUT2D eigenvalue weighted by Gasteiger charge is -2.32. The Kier molecular flexibility index (Phi) is 19.6. The molecule has 15 heteroatoms. The van der Waals surface area contributed by atoms with Gasteiger partial charge in [0.2, 0.25) is 29.5 Å². The molecule has 0 saturated carbocycles. The molecule has 0 fully saturated rings. The summed E-state index contributed by atoms with van der Waals surface area (Å²) in [6.45, 7) is 19.2. The summed E-state index contributed by atoms with van der Waals surface area (Å²) in [4.78, 5) is 76.4. The largest absolute Gasteiger partial charge is 0.481 e. The molecule has 10 N–H and O–H groups in total. The van der Waals surface area contributed by atoms with Gasteiger partial charge in [-0.15, -0.1) is 0 Å². The van der Waals surface area contributed by atoms with Crippen LogP contribution in [0, 0.1) is 23.7 Å². The Hall–Kier alpha value is -3.30. The minimum atomic E-state index is -1.35. The molecule has 0 aliphatic carbocycles. The summed E-state index contributed by atoms with van der Waals surface area (Å²) in [7, 11) is 0. The standard InChI is InChI=1S/C34H64N6O9/c1-12-34(11,35)33(49)40-29(20(8)9)32(48)39-28(19(6)7)31(47)38-22(13-17(2)3)24(41)15-26(43)36-21(10)30(46)37-23(14-18(4)5)25(42)16-27(44)45/h17-25,28-29,41-42H,12-16,35H2,1-11H3,(H,36,43)(H,37,46)(H,38,47)(H,39,48)(H,40,49)(H,44,45)/t21-,22?,23?,24?,25?,28-,29-,34?/m0/s1. The monoisotopic (exact) mass is 700 g/mol. The van der Waals surface area contributed by atoms with E-state index in [1.807, 2.05) is 27.7 Å². The maximum Gasteiger partial charge on any atom is 0.306 e. The molecule has 0 aliphatic rings. The van der Waals surface area contributed by atoms with E-state index < -0.39 is 96.3 Å². The van der Waals surface area contributed by atoms with Crippen LogP contribution in [0.15, 0.2) is 0 Å². The lowest BCUT2D eigenvalue weighted by Crippen LogP contribution is -2.61. The van der Waals surface area contributed by atoms with E-state index >= 15 is 0 Å². The number of rotatable bonds is 22. The Balaban J connectivity index is 5.68. The number of amides is 5. The first-order valence-electron chi connectivity index (χ1n) is 17.3. The average molecular weight is 701 g/mol. The van der Waals surface area contributed by atoms with Crippen molar-refractivity contribution in [2.75, 3.05) is 0 Å². The number of hydrogen-bond donors (Lipinski definition) is 9. The summed E-state index contributed by atoms with van der Waals surface area (Å²) < 4.78 is 0. The number of carbonyl (C=O) groups excluding carboxylic acids is 5. The van der Waals surface area contributed by atoms with E-state index in [2.05, 4.69) is 26.6 Å². The maximum atomic E-state index is 13.5. The first-order chi connectivity index (χ1) is 22.4. The molecule has 0 saturated heterocycles.